The van der Waals surface area contributed by atoms with Crippen LogP contribution >= 0.6 is 0 Å². The number of fused-ring (bicyclic) bond motifs is 1. The van der Waals surface area contributed by atoms with Gasteiger partial charge in [0.2, 0.25) is 5.62 Å². The van der Waals surface area contributed by atoms with E-state index in [-0.39, 0.29) is 6.04 Å². The lowest BCUT2D eigenvalue weighted by Gasteiger charge is -2.30. The molecule has 1 aliphatic rings. The number of hydrogen-bond donors (Lipinski definition) is 3. The van der Waals surface area contributed by atoms with Crippen LogP contribution in [0, 0.1) is 0 Å². The molecule has 0 aliphatic heterocycles. The molecule has 0 spiro atoms. The minimum absolute atomic E-state index is 0.181. The summed E-state index contributed by atoms with van der Waals surface area (Å²) in [6.45, 7) is 0. The Labute approximate surface area is 183 Å². The van der Waals surface area contributed by atoms with Crippen molar-refractivity contribution in [2.75, 3.05) is 0 Å². The van der Waals surface area contributed by atoms with Gasteiger partial charge in [-0.1, -0.05) is 12.1 Å². The summed E-state index contributed by atoms with van der Waals surface area (Å²) in [6.07, 6.45) is 5.24. The molecule has 1 amide bonds. The predicted molar refractivity (Wildman–Crippen MR) is 118 cm³/mol. The highest BCUT2D eigenvalue weighted by Crippen LogP contribution is 2.30. The number of nitrogens with one attached hydrogen (secondary N) is 1. The number of aliphatic hydroxyl groups excluding tert-OH is 2. The second-order valence-corrected chi connectivity index (χ2v) is 8.25. The van der Waals surface area contributed by atoms with Crippen LogP contribution < -0.4 is 5.62 Å². The van der Waals surface area contributed by atoms with Crippen molar-refractivity contribution in [3.05, 3.63) is 66.2 Å². The molecule has 3 heterocycles. The number of aryl methyl sites for hydroxylation is 1. The SMILES string of the molecule is Cn1cc(-c2cc(C(=O)/N=c3\[nH]c4ccccc4n3[C@H]3C[C@H](O)C[C@H](O)C3)ccn2)cn1. The molecule has 9 nitrogen and oxygen atoms in total. The molecule has 1 aromatic carbocycles. The van der Waals surface area contributed by atoms with Gasteiger partial charge in [-0.15, -0.1) is 0 Å². The lowest BCUT2D eigenvalue weighted by Crippen LogP contribution is -2.35. The molecule has 1 fully saturated rings. The molecule has 5 rings (SSSR count). The van der Waals surface area contributed by atoms with Crippen molar-refractivity contribution in [3.8, 4) is 11.3 Å². The number of amides is 1. The highest BCUT2D eigenvalue weighted by molar-refractivity contribution is 5.95. The number of para-hydroxylation sites is 2. The zero-order valence-electron chi connectivity index (χ0n) is 17.6. The molecule has 0 unspecified atom stereocenters. The summed E-state index contributed by atoms with van der Waals surface area (Å²) in [5.74, 6) is -0.408. The zero-order chi connectivity index (χ0) is 22.2. The Morgan fingerprint density at radius 2 is 1.94 bits per heavy atom. The third-order valence-corrected chi connectivity index (χ3v) is 5.85. The van der Waals surface area contributed by atoms with Gasteiger partial charge in [0.05, 0.1) is 35.1 Å². The highest BCUT2D eigenvalue weighted by Gasteiger charge is 2.29. The fourth-order valence-electron chi connectivity index (χ4n) is 4.41. The standard InChI is InChI=1S/C23H24N6O3/c1-28-13-15(12-25-28)20-8-14(6-7-24-20)22(32)27-23-26-19-4-2-3-5-21(19)29(23)16-9-17(30)11-18(31)10-16/h2-8,12-13,16-18,30-31H,9-11H2,1H3,(H,26,27,32)/t16-,17-,18+. The molecule has 32 heavy (non-hydrogen) atoms. The van der Waals surface area contributed by atoms with Crippen LogP contribution in [-0.4, -0.2) is 52.6 Å². The van der Waals surface area contributed by atoms with E-state index in [0.29, 0.717) is 36.1 Å². The molecule has 9 heteroatoms. The second kappa shape index (κ2) is 8.18. The van der Waals surface area contributed by atoms with Gasteiger partial charge in [-0.25, -0.2) is 0 Å². The van der Waals surface area contributed by atoms with Crippen molar-refractivity contribution in [2.45, 2.75) is 37.5 Å². The van der Waals surface area contributed by atoms with Crippen LogP contribution in [-0.2, 0) is 7.05 Å². The van der Waals surface area contributed by atoms with Crippen molar-refractivity contribution in [2.24, 2.45) is 12.0 Å². The third kappa shape index (κ3) is 3.88. The second-order valence-electron chi connectivity index (χ2n) is 8.25. The van der Waals surface area contributed by atoms with E-state index in [4.69, 9.17) is 0 Å². The van der Waals surface area contributed by atoms with Gasteiger partial charge >= 0.3 is 0 Å². The van der Waals surface area contributed by atoms with Crippen LogP contribution in [0.15, 0.2) is 60.0 Å². The fourth-order valence-corrected chi connectivity index (χ4v) is 4.41. The highest BCUT2D eigenvalue weighted by atomic mass is 16.3. The number of imidazole rings is 1. The van der Waals surface area contributed by atoms with Gasteiger partial charge in [0.25, 0.3) is 5.91 Å². The Balaban J connectivity index is 1.57. The average molecular weight is 432 g/mol. The molecular weight excluding hydrogens is 408 g/mol. The van der Waals surface area contributed by atoms with Crippen LogP contribution in [0.2, 0.25) is 0 Å². The van der Waals surface area contributed by atoms with Gasteiger partial charge in [-0.3, -0.25) is 14.5 Å². The van der Waals surface area contributed by atoms with E-state index in [9.17, 15) is 15.0 Å². The number of pyridine rings is 1. The van der Waals surface area contributed by atoms with Crippen molar-refractivity contribution in [3.63, 3.8) is 0 Å². The summed E-state index contributed by atoms with van der Waals surface area (Å²) < 4.78 is 3.60. The molecule has 1 saturated carbocycles. The van der Waals surface area contributed by atoms with Crippen molar-refractivity contribution < 1.29 is 15.0 Å². The topological polar surface area (TPSA) is 121 Å². The number of benzene rings is 1. The first kappa shape index (κ1) is 20.3. The number of hydrogen-bond acceptors (Lipinski definition) is 5. The summed E-state index contributed by atoms with van der Waals surface area (Å²) in [5.41, 5.74) is 3.96. The maximum absolute atomic E-state index is 13.1. The fraction of sp³-hybridized carbons (Fsp3) is 0.304. The van der Waals surface area contributed by atoms with Gasteiger partial charge in [0.15, 0.2) is 0 Å². The quantitative estimate of drug-likeness (QED) is 0.457. The van der Waals surface area contributed by atoms with Crippen molar-refractivity contribution in [1.29, 1.82) is 0 Å². The molecule has 4 aromatic rings. The average Bonchev–Trinajstić information content (AvgIpc) is 3.36. The van der Waals surface area contributed by atoms with E-state index < -0.39 is 18.1 Å². The molecule has 0 saturated heterocycles. The number of H-pyrrole nitrogens is 1. The van der Waals surface area contributed by atoms with E-state index in [0.717, 1.165) is 16.6 Å². The largest absolute Gasteiger partial charge is 0.393 e. The van der Waals surface area contributed by atoms with Gasteiger partial charge in [0, 0.05) is 36.6 Å². The molecule has 1 aliphatic carbocycles. The summed E-state index contributed by atoms with van der Waals surface area (Å²) in [6, 6.07) is 10.8. The summed E-state index contributed by atoms with van der Waals surface area (Å²) in [4.78, 5) is 25.0. The minimum Gasteiger partial charge on any atom is -0.393 e. The third-order valence-electron chi connectivity index (χ3n) is 5.85. The summed E-state index contributed by atoms with van der Waals surface area (Å²) >= 11 is 0. The van der Waals surface area contributed by atoms with Crippen LogP contribution in [0.3, 0.4) is 0 Å². The number of carbonyl (C=O) groups is 1. The molecule has 0 bridgehead atoms. The van der Waals surface area contributed by atoms with E-state index in [1.807, 2.05) is 42.1 Å². The van der Waals surface area contributed by atoms with Crippen LogP contribution in [0.25, 0.3) is 22.3 Å². The van der Waals surface area contributed by atoms with Crippen LogP contribution in [0.1, 0.15) is 35.7 Å². The molecule has 0 radical (unpaired) electrons. The van der Waals surface area contributed by atoms with E-state index in [1.54, 1.807) is 29.2 Å². The first-order valence-corrected chi connectivity index (χ1v) is 10.6. The molecular formula is C23H24N6O3. The van der Waals surface area contributed by atoms with Gasteiger partial charge in [0.1, 0.15) is 0 Å². The number of nitrogens with zero attached hydrogens (tertiary/aromatic N) is 5. The Hall–Kier alpha value is -3.56. The number of rotatable bonds is 3. The normalized spacial score (nSPS) is 21.8. The van der Waals surface area contributed by atoms with Gasteiger partial charge in [-0.2, -0.15) is 10.1 Å². The molecule has 3 atom stereocenters. The Kier molecular flexibility index (Phi) is 5.20. The zero-order valence-corrected chi connectivity index (χ0v) is 17.6. The molecule has 3 aromatic heterocycles. The van der Waals surface area contributed by atoms with E-state index >= 15 is 0 Å². The number of carbonyl (C=O) groups excluding carboxylic acids is 1. The maximum atomic E-state index is 13.1. The lowest BCUT2D eigenvalue weighted by molar-refractivity contribution is 0.0176. The van der Waals surface area contributed by atoms with Crippen LogP contribution in [0.4, 0.5) is 0 Å². The van der Waals surface area contributed by atoms with E-state index in [1.165, 1.54) is 0 Å². The summed E-state index contributed by atoms with van der Waals surface area (Å²) in [7, 11) is 1.82. The van der Waals surface area contributed by atoms with Crippen molar-refractivity contribution in [1.82, 2.24) is 24.3 Å². The maximum Gasteiger partial charge on any atom is 0.280 e. The van der Waals surface area contributed by atoms with E-state index in [2.05, 4.69) is 20.1 Å². The van der Waals surface area contributed by atoms with Crippen molar-refractivity contribution >= 4 is 16.9 Å². The number of aromatic nitrogens is 5. The lowest BCUT2D eigenvalue weighted by atomic mass is 9.90. The van der Waals surface area contributed by atoms with Gasteiger partial charge in [-0.05, 0) is 43.5 Å². The van der Waals surface area contributed by atoms with Gasteiger partial charge < -0.3 is 19.8 Å². The smallest absolute Gasteiger partial charge is 0.280 e. The minimum atomic E-state index is -0.601. The Morgan fingerprint density at radius 1 is 1.16 bits per heavy atom. The first-order chi connectivity index (χ1) is 15.5. The first-order valence-electron chi connectivity index (χ1n) is 10.6. The Bertz CT molecular complexity index is 1340. The van der Waals surface area contributed by atoms with Crippen LogP contribution in [0.5, 0.6) is 0 Å². The number of aliphatic hydroxyl groups is 2. The molecule has 164 valence electrons. The predicted octanol–water partition coefficient (Wildman–Crippen LogP) is 1.95. The molecule has 3 N–H and O–H groups in total. The summed E-state index contributed by atoms with van der Waals surface area (Å²) in [5, 5.41) is 24.6. The number of aromatic amines is 1. The monoisotopic (exact) mass is 432 g/mol. The Morgan fingerprint density at radius 3 is 2.69 bits per heavy atom.